The van der Waals surface area contributed by atoms with Gasteiger partial charge in [-0.3, -0.25) is 14.9 Å². The van der Waals surface area contributed by atoms with Crippen LogP contribution in [0.25, 0.3) is 0 Å². The monoisotopic (exact) mass is 200 g/mol. The fourth-order valence-corrected chi connectivity index (χ4v) is 1.33. The van der Waals surface area contributed by atoms with Crippen LogP contribution in [0, 0.1) is 5.41 Å². The van der Waals surface area contributed by atoms with E-state index in [1.54, 1.807) is 0 Å². The van der Waals surface area contributed by atoms with Gasteiger partial charge in [0.05, 0.1) is 12.6 Å². The van der Waals surface area contributed by atoms with Gasteiger partial charge in [-0.1, -0.05) is 20.8 Å². The van der Waals surface area contributed by atoms with Gasteiger partial charge in [-0.25, -0.2) is 0 Å². The molecule has 2 atom stereocenters. The number of hydrogen-bond donors (Lipinski definition) is 3. The molecule has 1 fully saturated rings. The molecule has 1 heterocycles. The van der Waals surface area contributed by atoms with Crippen molar-refractivity contribution in [3.63, 3.8) is 0 Å². The summed E-state index contributed by atoms with van der Waals surface area (Å²) in [6, 6.07) is -0.770. The van der Waals surface area contributed by atoms with Crippen LogP contribution < -0.4 is 10.6 Å². The Kier molecular flexibility index (Phi) is 2.80. The minimum atomic E-state index is -0.978. The SMILES string of the molecule is CC(C)(C)[C@@H]1NC(=O)C[C@@H](C(=O)O)N1. The zero-order valence-electron chi connectivity index (χ0n) is 8.63. The Labute approximate surface area is 82.9 Å². The van der Waals surface area contributed by atoms with E-state index in [0.29, 0.717) is 0 Å². The van der Waals surface area contributed by atoms with Gasteiger partial charge in [0.2, 0.25) is 5.91 Å². The van der Waals surface area contributed by atoms with Crippen LogP contribution in [0.15, 0.2) is 0 Å². The van der Waals surface area contributed by atoms with Gasteiger partial charge in [0.25, 0.3) is 0 Å². The maximum atomic E-state index is 11.2. The Morgan fingerprint density at radius 3 is 2.50 bits per heavy atom. The van der Waals surface area contributed by atoms with Gasteiger partial charge in [0.15, 0.2) is 0 Å². The highest BCUT2D eigenvalue weighted by molar-refractivity contribution is 5.85. The Bertz CT molecular complexity index is 257. The number of carboxylic acids is 1. The summed E-state index contributed by atoms with van der Waals surface area (Å²) in [4.78, 5) is 22.0. The third-order valence-electron chi connectivity index (χ3n) is 2.23. The van der Waals surface area contributed by atoms with Crippen LogP contribution in [0.3, 0.4) is 0 Å². The smallest absolute Gasteiger partial charge is 0.321 e. The summed E-state index contributed by atoms with van der Waals surface area (Å²) in [6.45, 7) is 5.82. The van der Waals surface area contributed by atoms with E-state index in [4.69, 9.17) is 5.11 Å². The lowest BCUT2D eigenvalue weighted by atomic mass is 9.90. The van der Waals surface area contributed by atoms with E-state index in [-0.39, 0.29) is 23.9 Å². The Balaban J connectivity index is 2.73. The molecule has 1 aliphatic rings. The number of carboxylic acid groups (broad SMARTS) is 1. The van der Waals surface area contributed by atoms with Gasteiger partial charge in [0, 0.05) is 0 Å². The van der Waals surface area contributed by atoms with Crippen molar-refractivity contribution >= 4 is 11.9 Å². The number of carbonyl (C=O) groups is 2. The molecule has 0 unspecified atom stereocenters. The van der Waals surface area contributed by atoms with Crippen molar-refractivity contribution in [1.82, 2.24) is 10.6 Å². The van der Waals surface area contributed by atoms with E-state index in [0.717, 1.165) is 0 Å². The first-order valence-electron chi connectivity index (χ1n) is 4.59. The summed E-state index contributed by atoms with van der Waals surface area (Å²) in [5.74, 6) is -1.19. The van der Waals surface area contributed by atoms with E-state index in [2.05, 4.69) is 10.6 Å². The third-order valence-corrected chi connectivity index (χ3v) is 2.23. The molecule has 5 nitrogen and oxygen atoms in total. The Hall–Kier alpha value is -1.10. The Morgan fingerprint density at radius 1 is 1.50 bits per heavy atom. The van der Waals surface area contributed by atoms with Crippen molar-refractivity contribution in [3.8, 4) is 0 Å². The van der Waals surface area contributed by atoms with E-state index in [1.807, 2.05) is 20.8 Å². The minimum absolute atomic E-state index is 0.00190. The predicted molar refractivity (Wildman–Crippen MR) is 50.6 cm³/mol. The van der Waals surface area contributed by atoms with Crippen molar-refractivity contribution in [2.45, 2.75) is 39.4 Å². The number of carbonyl (C=O) groups excluding carboxylic acids is 1. The van der Waals surface area contributed by atoms with Gasteiger partial charge in [-0.15, -0.1) is 0 Å². The molecule has 0 aromatic rings. The zero-order chi connectivity index (χ0) is 10.9. The van der Waals surface area contributed by atoms with Crippen molar-refractivity contribution in [2.24, 2.45) is 5.41 Å². The molecule has 0 aromatic carbocycles. The number of aliphatic carboxylic acids is 1. The second-order valence-electron chi connectivity index (χ2n) is 4.63. The number of hydrogen-bond acceptors (Lipinski definition) is 3. The lowest BCUT2D eigenvalue weighted by Gasteiger charge is -2.37. The van der Waals surface area contributed by atoms with Crippen LogP contribution in [-0.2, 0) is 9.59 Å². The normalized spacial score (nSPS) is 28.4. The summed E-state index contributed by atoms with van der Waals surface area (Å²) in [5, 5.41) is 14.4. The first kappa shape index (κ1) is 11.0. The maximum Gasteiger partial charge on any atom is 0.321 e. The van der Waals surface area contributed by atoms with Crippen LogP contribution >= 0.6 is 0 Å². The molecule has 0 aromatic heterocycles. The fraction of sp³-hybridized carbons (Fsp3) is 0.778. The van der Waals surface area contributed by atoms with Crippen LogP contribution in [-0.4, -0.2) is 29.2 Å². The average Bonchev–Trinajstić information content (AvgIpc) is 2.01. The molecule has 3 N–H and O–H groups in total. The minimum Gasteiger partial charge on any atom is -0.480 e. The number of nitrogens with one attached hydrogen (secondary N) is 2. The largest absolute Gasteiger partial charge is 0.480 e. The molecule has 0 saturated carbocycles. The van der Waals surface area contributed by atoms with E-state index < -0.39 is 12.0 Å². The van der Waals surface area contributed by atoms with E-state index >= 15 is 0 Å². The summed E-state index contributed by atoms with van der Waals surface area (Å²) in [7, 11) is 0. The van der Waals surface area contributed by atoms with Crippen molar-refractivity contribution in [3.05, 3.63) is 0 Å². The van der Waals surface area contributed by atoms with Gasteiger partial charge >= 0.3 is 5.97 Å². The van der Waals surface area contributed by atoms with Crippen molar-refractivity contribution < 1.29 is 14.7 Å². The van der Waals surface area contributed by atoms with Crippen LogP contribution in [0.5, 0.6) is 0 Å². The number of amides is 1. The molecule has 0 aliphatic carbocycles. The van der Waals surface area contributed by atoms with Gasteiger partial charge in [0.1, 0.15) is 6.04 Å². The molecule has 0 spiro atoms. The molecular formula is C9H16N2O3. The zero-order valence-corrected chi connectivity index (χ0v) is 8.63. The average molecular weight is 200 g/mol. The summed E-state index contributed by atoms with van der Waals surface area (Å²) >= 11 is 0. The topological polar surface area (TPSA) is 78.4 Å². The molecular weight excluding hydrogens is 184 g/mol. The van der Waals surface area contributed by atoms with Crippen molar-refractivity contribution in [1.29, 1.82) is 0 Å². The number of rotatable bonds is 1. The second-order valence-corrected chi connectivity index (χ2v) is 4.63. The van der Waals surface area contributed by atoms with Crippen LogP contribution in [0.1, 0.15) is 27.2 Å². The summed E-state index contributed by atoms with van der Waals surface area (Å²) in [5.41, 5.74) is -0.191. The molecule has 14 heavy (non-hydrogen) atoms. The first-order chi connectivity index (χ1) is 6.30. The van der Waals surface area contributed by atoms with E-state index in [9.17, 15) is 9.59 Å². The van der Waals surface area contributed by atoms with Gasteiger partial charge < -0.3 is 10.4 Å². The molecule has 0 radical (unpaired) electrons. The highest BCUT2D eigenvalue weighted by Gasteiger charge is 2.36. The van der Waals surface area contributed by atoms with Crippen LogP contribution in [0.2, 0.25) is 0 Å². The highest BCUT2D eigenvalue weighted by atomic mass is 16.4. The quantitative estimate of drug-likeness (QED) is 0.553. The maximum absolute atomic E-state index is 11.2. The fourth-order valence-electron chi connectivity index (χ4n) is 1.33. The van der Waals surface area contributed by atoms with Crippen LogP contribution in [0.4, 0.5) is 0 Å². The van der Waals surface area contributed by atoms with Crippen molar-refractivity contribution in [2.75, 3.05) is 0 Å². The molecule has 1 rings (SSSR count). The highest BCUT2D eigenvalue weighted by Crippen LogP contribution is 2.20. The molecule has 1 saturated heterocycles. The molecule has 1 aliphatic heterocycles. The molecule has 0 bridgehead atoms. The second kappa shape index (κ2) is 3.57. The molecule has 80 valence electrons. The van der Waals surface area contributed by atoms with Gasteiger partial charge in [-0.2, -0.15) is 0 Å². The van der Waals surface area contributed by atoms with Gasteiger partial charge in [-0.05, 0) is 5.41 Å². The standard InChI is InChI=1S/C9H16N2O3/c1-9(2,3)8-10-5(7(13)14)4-6(12)11-8/h5,8,10H,4H2,1-3H3,(H,11,12)(H,13,14)/t5-,8-/m0/s1. The lowest BCUT2D eigenvalue weighted by molar-refractivity contribution is -0.144. The summed E-state index contributed by atoms with van der Waals surface area (Å²) < 4.78 is 0. The van der Waals surface area contributed by atoms with E-state index in [1.165, 1.54) is 0 Å². The predicted octanol–water partition coefficient (Wildman–Crippen LogP) is -0.0787. The molecule has 1 amide bonds. The first-order valence-corrected chi connectivity index (χ1v) is 4.59. The lowest BCUT2D eigenvalue weighted by Crippen LogP contribution is -2.63. The molecule has 5 heteroatoms. The summed E-state index contributed by atoms with van der Waals surface area (Å²) in [6.07, 6.45) is -0.285. The Morgan fingerprint density at radius 2 is 2.07 bits per heavy atom. The third kappa shape index (κ3) is 2.45.